The Morgan fingerprint density at radius 3 is 2.92 bits per heavy atom. The maximum Gasteiger partial charge on any atom is 0.259 e. The summed E-state index contributed by atoms with van der Waals surface area (Å²) < 4.78 is 17.3. The number of amides is 1. The van der Waals surface area contributed by atoms with Crippen LogP contribution in [0, 0.1) is 25.2 Å². The molecule has 0 N–H and O–H groups in total. The molecular formula is C19H28N2O4. The standard InChI is InChI=1S/C19H28N2O4/c1-13-17(14(2)25-20-13)18(22)21-8-6-16-19(11-21,7-3-9-24-16)12-23-10-15-4-5-15/h15-16H,3-12H2,1-2H3/t16-,19+/m0/s1. The van der Waals surface area contributed by atoms with Crippen molar-refractivity contribution >= 4 is 5.91 Å². The Hall–Kier alpha value is -1.40. The van der Waals surface area contributed by atoms with E-state index in [9.17, 15) is 4.79 Å². The zero-order chi connectivity index (χ0) is 17.4. The number of fused-ring (bicyclic) bond motifs is 1. The van der Waals surface area contributed by atoms with Crippen molar-refractivity contribution < 1.29 is 18.8 Å². The van der Waals surface area contributed by atoms with E-state index >= 15 is 0 Å². The Balaban J connectivity index is 1.50. The highest BCUT2D eigenvalue weighted by atomic mass is 16.5. The van der Waals surface area contributed by atoms with Gasteiger partial charge < -0.3 is 18.9 Å². The van der Waals surface area contributed by atoms with E-state index in [1.807, 2.05) is 11.8 Å². The number of hydrogen-bond acceptors (Lipinski definition) is 5. The lowest BCUT2D eigenvalue weighted by Crippen LogP contribution is -2.58. The monoisotopic (exact) mass is 348 g/mol. The molecule has 0 spiro atoms. The lowest BCUT2D eigenvalue weighted by molar-refractivity contribution is -0.147. The van der Waals surface area contributed by atoms with Crippen LogP contribution < -0.4 is 0 Å². The minimum atomic E-state index is -0.0694. The Labute approximate surface area is 148 Å². The first-order valence-corrected chi connectivity index (χ1v) is 9.50. The van der Waals surface area contributed by atoms with Gasteiger partial charge in [-0.25, -0.2) is 0 Å². The minimum absolute atomic E-state index is 0.0295. The van der Waals surface area contributed by atoms with E-state index in [1.54, 1.807) is 6.92 Å². The van der Waals surface area contributed by atoms with Crippen LogP contribution in [-0.4, -0.2) is 55.0 Å². The highest BCUT2D eigenvalue weighted by molar-refractivity contribution is 5.96. The molecule has 1 saturated carbocycles. The fourth-order valence-corrected chi connectivity index (χ4v) is 4.33. The van der Waals surface area contributed by atoms with Crippen LogP contribution in [0.5, 0.6) is 0 Å². The molecular weight excluding hydrogens is 320 g/mol. The first-order chi connectivity index (χ1) is 12.1. The Kier molecular flexibility index (Phi) is 4.58. The summed E-state index contributed by atoms with van der Waals surface area (Å²) in [5, 5.41) is 3.93. The van der Waals surface area contributed by atoms with Crippen LogP contribution in [0.4, 0.5) is 0 Å². The second kappa shape index (κ2) is 6.72. The molecule has 2 saturated heterocycles. The van der Waals surface area contributed by atoms with Crippen LogP contribution in [0.2, 0.25) is 0 Å². The summed E-state index contributed by atoms with van der Waals surface area (Å²) in [5.41, 5.74) is 1.22. The summed E-state index contributed by atoms with van der Waals surface area (Å²) in [5.74, 6) is 1.38. The number of hydrogen-bond donors (Lipinski definition) is 0. The second-order valence-corrected chi connectivity index (χ2v) is 8.00. The van der Waals surface area contributed by atoms with E-state index in [1.165, 1.54) is 12.8 Å². The molecule has 4 rings (SSSR count). The van der Waals surface area contributed by atoms with Crippen molar-refractivity contribution in [3.05, 3.63) is 17.0 Å². The number of nitrogens with zero attached hydrogens (tertiary/aromatic N) is 2. The lowest BCUT2D eigenvalue weighted by Gasteiger charge is -2.50. The number of carbonyl (C=O) groups excluding carboxylic acids is 1. The Morgan fingerprint density at radius 2 is 2.20 bits per heavy atom. The number of carbonyl (C=O) groups is 1. The van der Waals surface area contributed by atoms with Crippen molar-refractivity contribution in [3.63, 3.8) is 0 Å². The third-order valence-corrected chi connectivity index (χ3v) is 5.96. The third-order valence-electron chi connectivity index (χ3n) is 5.96. The molecule has 2 atom stereocenters. The normalized spacial score (nSPS) is 29.5. The summed E-state index contributed by atoms with van der Waals surface area (Å²) >= 11 is 0. The largest absolute Gasteiger partial charge is 0.380 e. The number of aryl methyl sites for hydroxylation is 2. The summed E-state index contributed by atoms with van der Waals surface area (Å²) in [6.45, 7) is 7.43. The van der Waals surface area contributed by atoms with Gasteiger partial charge in [0, 0.05) is 31.7 Å². The van der Waals surface area contributed by atoms with Crippen LogP contribution in [0.1, 0.15) is 53.9 Å². The summed E-state index contributed by atoms with van der Waals surface area (Å²) in [4.78, 5) is 15.0. The van der Waals surface area contributed by atoms with Gasteiger partial charge in [0.05, 0.1) is 18.4 Å². The summed E-state index contributed by atoms with van der Waals surface area (Å²) in [7, 11) is 0. The molecule has 6 heteroatoms. The molecule has 1 amide bonds. The van der Waals surface area contributed by atoms with Crippen LogP contribution in [0.25, 0.3) is 0 Å². The molecule has 3 fully saturated rings. The molecule has 0 radical (unpaired) electrons. The fourth-order valence-electron chi connectivity index (χ4n) is 4.33. The van der Waals surface area contributed by atoms with Crippen LogP contribution in [0.3, 0.4) is 0 Å². The van der Waals surface area contributed by atoms with Gasteiger partial charge in [0.15, 0.2) is 0 Å². The van der Waals surface area contributed by atoms with Crippen molar-refractivity contribution in [2.75, 3.05) is 32.9 Å². The number of piperidine rings is 1. The second-order valence-electron chi connectivity index (χ2n) is 8.00. The maximum absolute atomic E-state index is 13.1. The van der Waals surface area contributed by atoms with Gasteiger partial charge in [-0.15, -0.1) is 0 Å². The highest BCUT2D eigenvalue weighted by Crippen LogP contribution is 2.41. The maximum atomic E-state index is 13.1. The molecule has 25 heavy (non-hydrogen) atoms. The van der Waals surface area contributed by atoms with Crippen molar-refractivity contribution in [1.82, 2.24) is 10.1 Å². The number of aromatic nitrogens is 1. The first kappa shape index (κ1) is 17.0. The molecule has 0 bridgehead atoms. The van der Waals surface area contributed by atoms with E-state index in [0.717, 1.165) is 44.9 Å². The Morgan fingerprint density at radius 1 is 1.36 bits per heavy atom. The summed E-state index contributed by atoms with van der Waals surface area (Å²) in [6, 6.07) is 0. The van der Waals surface area contributed by atoms with Gasteiger partial charge >= 0.3 is 0 Å². The zero-order valence-electron chi connectivity index (χ0n) is 15.3. The summed E-state index contributed by atoms with van der Waals surface area (Å²) in [6.07, 6.45) is 5.77. The average molecular weight is 348 g/mol. The highest BCUT2D eigenvalue weighted by Gasteiger charge is 2.47. The minimum Gasteiger partial charge on any atom is -0.380 e. The molecule has 1 aromatic heterocycles. The quantitative estimate of drug-likeness (QED) is 0.819. The van der Waals surface area contributed by atoms with Crippen LogP contribution in [0.15, 0.2) is 4.52 Å². The molecule has 6 nitrogen and oxygen atoms in total. The first-order valence-electron chi connectivity index (χ1n) is 9.50. The van der Waals surface area contributed by atoms with Crippen LogP contribution in [-0.2, 0) is 9.47 Å². The lowest BCUT2D eigenvalue weighted by atomic mass is 9.73. The fraction of sp³-hybridized carbons (Fsp3) is 0.789. The van der Waals surface area contributed by atoms with E-state index in [2.05, 4.69) is 5.16 Å². The van der Waals surface area contributed by atoms with Crippen molar-refractivity contribution in [2.45, 2.75) is 52.1 Å². The van der Waals surface area contributed by atoms with Gasteiger partial charge in [0.25, 0.3) is 5.91 Å². The van der Waals surface area contributed by atoms with Gasteiger partial charge in [-0.2, -0.15) is 0 Å². The van der Waals surface area contributed by atoms with Crippen LogP contribution >= 0.6 is 0 Å². The molecule has 3 aliphatic rings. The predicted octanol–water partition coefficient (Wildman–Crippen LogP) is 2.73. The Bertz CT molecular complexity index is 620. The van der Waals surface area contributed by atoms with Crippen molar-refractivity contribution in [1.29, 1.82) is 0 Å². The molecule has 1 aliphatic carbocycles. The van der Waals surface area contributed by atoms with Gasteiger partial charge in [-0.1, -0.05) is 5.16 Å². The number of likely N-dealkylation sites (tertiary alicyclic amines) is 1. The van der Waals surface area contributed by atoms with E-state index < -0.39 is 0 Å². The number of rotatable bonds is 5. The van der Waals surface area contributed by atoms with Crippen molar-refractivity contribution in [3.8, 4) is 0 Å². The zero-order valence-corrected chi connectivity index (χ0v) is 15.3. The smallest absolute Gasteiger partial charge is 0.259 e. The predicted molar refractivity (Wildman–Crippen MR) is 91.4 cm³/mol. The average Bonchev–Trinajstić information content (AvgIpc) is 3.37. The van der Waals surface area contributed by atoms with E-state index in [0.29, 0.717) is 30.2 Å². The van der Waals surface area contributed by atoms with E-state index in [4.69, 9.17) is 14.0 Å². The van der Waals surface area contributed by atoms with Crippen molar-refractivity contribution in [2.24, 2.45) is 11.3 Å². The molecule has 0 unspecified atom stereocenters. The molecule has 3 heterocycles. The molecule has 1 aromatic rings. The SMILES string of the molecule is Cc1noc(C)c1C(=O)N1CC[C@@H]2OCCC[C@]2(COCC2CC2)C1. The van der Waals surface area contributed by atoms with E-state index in [-0.39, 0.29) is 17.4 Å². The van der Waals surface area contributed by atoms with Gasteiger partial charge in [-0.3, -0.25) is 4.79 Å². The van der Waals surface area contributed by atoms with Gasteiger partial charge in [0.1, 0.15) is 11.3 Å². The van der Waals surface area contributed by atoms with Gasteiger partial charge in [0.2, 0.25) is 0 Å². The molecule has 0 aromatic carbocycles. The molecule has 2 aliphatic heterocycles. The van der Waals surface area contributed by atoms with Gasteiger partial charge in [-0.05, 0) is 51.9 Å². The molecule has 138 valence electrons. The topological polar surface area (TPSA) is 64.8 Å². The third kappa shape index (κ3) is 3.34. The number of ether oxygens (including phenoxy) is 2.